The molecule has 1 saturated heterocycles. The SMILES string of the molecule is Cc1cc(C)cc(CN2CCN(C(=O)[C@@H](C)n3nc(C)cc3C)CC2=O)c1. The van der Waals surface area contributed by atoms with Crippen LogP contribution in [0.15, 0.2) is 24.3 Å². The molecule has 1 atom stereocenters. The highest BCUT2D eigenvalue weighted by Crippen LogP contribution is 2.17. The van der Waals surface area contributed by atoms with E-state index in [2.05, 4.69) is 37.1 Å². The van der Waals surface area contributed by atoms with Crippen molar-refractivity contribution in [3.05, 3.63) is 52.3 Å². The quantitative estimate of drug-likeness (QED) is 0.833. The molecule has 2 heterocycles. The minimum absolute atomic E-state index is 0.00525. The van der Waals surface area contributed by atoms with E-state index in [1.165, 1.54) is 11.1 Å². The molecule has 6 nitrogen and oxygen atoms in total. The smallest absolute Gasteiger partial charge is 0.247 e. The van der Waals surface area contributed by atoms with Gasteiger partial charge in [0.15, 0.2) is 0 Å². The Balaban J connectivity index is 1.64. The summed E-state index contributed by atoms with van der Waals surface area (Å²) in [6.45, 7) is 11.7. The van der Waals surface area contributed by atoms with Crippen LogP contribution in [0.1, 0.15) is 41.0 Å². The third-order valence-electron chi connectivity index (χ3n) is 5.05. The van der Waals surface area contributed by atoms with E-state index in [-0.39, 0.29) is 18.4 Å². The summed E-state index contributed by atoms with van der Waals surface area (Å²) in [5, 5.41) is 4.41. The van der Waals surface area contributed by atoms with Crippen molar-refractivity contribution in [3.63, 3.8) is 0 Å². The van der Waals surface area contributed by atoms with Gasteiger partial charge in [-0.3, -0.25) is 14.3 Å². The number of piperazine rings is 1. The van der Waals surface area contributed by atoms with E-state index in [4.69, 9.17) is 0 Å². The van der Waals surface area contributed by atoms with Gasteiger partial charge in [-0.2, -0.15) is 5.10 Å². The summed E-state index contributed by atoms with van der Waals surface area (Å²) in [5.74, 6) is -0.0603. The Hall–Kier alpha value is -2.63. The normalized spacial score (nSPS) is 16.0. The molecule has 1 aliphatic heterocycles. The number of amides is 2. The van der Waals surface area contributed by atoms with Gasteiger partial charge in [-0.05, 0) is 46.2 Å². The maximum atomic E-state index is 12.9. The molecule has 0 N–H and O–H groups in total. The maximum Gasteiger partial charge on any atom is 0.247 e. The largest absolute Gasteiger partial charge is 0.335 e. The van der Waals surface area contributed by atoms with Gasteiger partial charge in [-0.1, -0.05) is 29.3 Å². The lowest BCUT2D eigenvalue weighted by atomic mass is 10.1. The first kappa shape index (κ1) is 19.1. The van der Waals surface area contributed by atoms with Crippen molar-refractivity contribution in [1.29, 1.82) is 0 Å². The van der Waals surface area contributed by atoms with Crippen molar-refractivity contribution in [2.24, 2.45) is 0 Å². The van der Waals surface area contributed by atoms with Gasteiger partial charge in [-0.15, -0.1) is 0 Å². The highest BCUT2D eigenvalue weighted by molar-refractivity contribution is 5.87. The van der Waals surface area contributed by atoms with Crippen LogP contribution in [-0.4, -0.2) is 51.0 Å². The predicted molar refractivity (Wildman–Crippen MR) is 104 cm³/mol. The van der Waals surface area contributed by atoms with Crippen molar-refractivity contribution < 1.29 is 9.59 Å². The van der Waals surface area contributed by atoms with Gasteiger partial charge >= 0.3 is 0 Å². The lowest BCUT2D eigenvalue weighted by Crippen LogP contribution is -2.53. The molecule has 144 valence electrons. The standard InChI is InChI=1S/C21H28N4O2/c1-14-8-15(2)10-19(9-14)12-23-6-7-24(13-20(23)26)21(27)18(5)25-17(4)11-16(3)22-25/h8-11,18H,6-7,12-13H2,1-5H3/t18-/m1/s1. The van der Waals surface area contributed by atoms with E-state index >= 15 is 0 Å². The molecule has 0 aliphatic carbocycles. The average Bonchev–Trinajstić information content (AvgIpc) is 2.93. The summed E-state index contributed by atoms with van der Waals surface area (Å²) >= 11 is 0. The van der Waals surface area contributed by atoms with Crippen LogP contribution in [0.3, 0.4) is 0 Å². The van der Waals surface area contributed by atoms with Gasteiger partial charge < -0.3 is 9.80 Å². The second-order valence-corrected chi connectivity index (χ2v) is 7.62. The highest BCUT2D eigenvalue weighted by atomic mass is 16.2. The van der Waals surface area contributed by atoms with E-state index in [0.29, 0.717) is 19.6 Å². The molecule has 1 aliphatic rings. The third-order valence-corrected chi connectivity index (χ3v) is 5.05. The third kappa shape index (κ3) is 4.21. The summed E-state index contributed by atoms with van der Waals surface area (Å²) in [6, 6.07) is 7.90. The van der Waals surface area contributed by atoms with Crippen LogP contribution in [0.25, 0.3) is 0 Å². The Kier molecular flexibility index (Phi) is 5.35. The molecular weight excluding hydrogens is 340 g/mol. The molecule has 1 aromatic carbocycles. The van der Waals surface area contributed by atoms with Crippen molar-refractivity contribution in [3.8, 4) is 0 Å². The van der Waals surface area contributed by atoms with Gasteiger partial charge in [0.25, 0.3) is 0 Å². The van der Waals surface area contributed by atoms with Gasteiger partial charge in [0.1, 0.15) is 6.04 Å². The molecule has 0 spiro atoms. The predicted octanol–water partition coefficient (Wildman–Crippen LogP) is 2.55. The Bertz CT molecular complexity index is 851. The second-order valence-electron chi connectivity index (χ2n) is 7.62. The number of rotatable bonds is 4. The minimum atomic E-state index is -0.405. The number of benzene rings is 1. The first-order valence-electron chi connectivity index (χ1n) is 9.41. The van der Waals surface area contributed by atoms with Crippen LogP contribution in [0.4, 0.5) is 0 Å². The molecule has 0 bridgehead atoms. The molecule has 0 radical (unpaired) electrons. The summed E-state index contributed by atoms with van der Waals surface area (Å²) < 4.78 is 1.74. The van der Waals surface area contributed by atoms with E-state index in [1.807, 2.05) is 31.7 Å². The molecular formula is C21H28N4O2. The zero-order chi connectivity index (χ0) is 19.7. The molecule has 2 aromatic rings. The van der Waals surface area contributed by atoms with Crippen LogP contribution < -0.4 is 0 Å². The lowest BCUT2D eigenvalue weighted by molar-refractivity contribution is -0.147. The first-order chi connectivity index (χ1) is 12.7. The maximum absolute atomic E-state index is 12.9. The van der Waals surface area contributed by atoms with E-state index in [0.717, 1.165) is 17.0 Å². The summed E-state index contributed by atoms with van der Waals surface area (Å²) in [4.78, 5) is 29.0. The molecule has 0 unspecified atom stereocenters. The number of aryl methyl sites for hydroxylation is 4. The van der Waals surface area contributed by atoms with E-state index in [9.17, 15) is 9.59 Å². The fraction of sp³-hybridized carbons (Fsp3) is 0.476. The van der Waals surface area contributed by atoms with Gasteiger partial charge in [0.05, 0.1) is 12.2 Å². The number of hydrogen-bond acceptors (Lipinski definition) is 3. The van der Waals surface area contributed by atoms with Gasteiger partial charge in [-0.25, -0.2) is 0 Å². The van der Waals surface area contributed by atoms with Crippen LogP contribution in [0, 0.1) is 27.7 Å². The number of aromatic nitrogens is 2. The van der Waals surface area contributed by atoms with E-state index < -0.39 is 6.04 Å². The Morgan fingerprint density at radius 1 is 1.07 bits per heavy atom. The molecule has 1 aromatic heterocycles. The van der Waals surface area contributed by atoms with Crippen LogP contribution in [0.5, 0.6) is 0 Å². The van der Waals surface area contributed by atoms with Crippen LogP contribution in [-0.2, 0) is 16.1 Å². The van der Waals surface area contributed by atoms with Crippen molar-refractivity contribution >= 4 is 11.8 Å². The fourth-order valence-corrected chi connectivity index (χ4v) is 3.85. The van der Waals surface area contributed by atoms with Crippen molar-refractivity contribution in [2.75, 3.05) is 19.6 Å². The second kappa shape index (κ2) is 7.55. The highest BCUT2D eigenvalue weighted by Gasteiger charge is 2.31. The van der Waals surface area contributed by atoms with Crippen molar-refractivity contribution in [1.82, 2.24) is 19.6 Å². The first-order valence-corrected chi connectivity index (χ1v) is 9.41. The lowest BCUT2D eigenvalue weighted by Gasteiger charge is -2.35. The Morgan fingerprint density at radius 2 is 1.74 bits per heavy atom. The number of carbonyl (C=O) groups is 2. The zero-order valence-corrected chi connectivity index (χ0v) is 16.8. The molecule has 2 amide bonds. The number of carbonyl (C=O) groups excluding carboxylic acids is 2. The monoisotopic (exact) mass is 368 g/mol. The summed E-state index contributed by atoms with van der Waals surface area (Å²) in [6.07, 6.45) is 0. The molecule has 1 fully saturated rings. The minimum Gasteiger partial charge on any atom is -0.335 e. The van der Waals surface area contributed by atoms with Crippen LogP contribution in [0.2, 0.25) is 0 Å². The summed E-state index contributed by atoms with van der Waals surface area (Å²) in [7, 11) is 0. The average molecular weight is 368 g/mol. The van der Waals surface area contributed by atoms with Crippen LogP contribution >= 0.6 is 0 Å². The Morgan fingerprint density at radius 3 is 2.30 bits per heavy atom. The molecule has 3 rings (SSSR count). The van der Waals surface area contributed by atoms with Crippen molar-refractivity contribution in [2.45, 2.75) is 47.2 Å². The van der Waals surface area contributed by atoms with Gasteiger partial charge in [0, 0.05) is 25.3 Å². The van der Waals surface area contributed by atoms with Gasteiger partial charge in [0.2, 0.25) is 11.8 Å². The zero-order valence-electron chi connectivity index (χ0n) is 16.8. The molecule has 27 heavy (non-hydrogen) atoms. The number of hydrogen-bond donors (Lipinski definition) is 0. The summed E-state index contributed by atoms with van der Waals surface area (Å²) in [5.41, 5.74) is 5.38. The molecule has 0 saturated carbocycles. The Labute approximate surface area is 160 Å². The number of nitrogens with zero attached hydrogens (tertiary/aromatic N) is 4. The van der Waals surface area contributed by atoms with E-state index in [1.54, 1.807) is 9.58 Å². The topological polar surface area (TPSA) is 58.4 Å². The fourth-order valence-electron chi connectivity index (χ4n) is 3.85. The molecule has 6 heteroatoms.